The van der Waals surface area contributed by atoms with E-state index in [1.54, 1.807) is 12.4 Å². The summed E-state index contributed by atoms with van der Waals surface area (Å²) >= 11 is 0. The molecule has 3 heterocycles. The lowest BCUT2D eigenvalue weighted by Crippen LogP contribution is -2.26. The summed E-state index contributed by atoms with van der Waals surface area (Å²) in [6, 6.07) is 19.8. The van der Waals surface area contributed by atoms with Crippen molar-refractivity contribution in [3.8, 4) is 33.8 Å². The van der Waals surface area contributed by atoms with Crippen molar-refractivity contribution in [3.05, 3.63) is 79.5 Å². The van der Waals surface area contributed by atoms with Crippen LogP contribution in [-0.4, -0.2) is 30.5 Å². The molecule has 33 heavy (non-hydrogen) atoms. The molecule has 6 rings (SSSR count). The number of fused-ring (bicyclic) bond motifs is 1. The van der Waals surface area contributed by atoms with Gasteiger partial charge in [-0.2, -0.15) is 0 Å². The van der Waals surface area contributed by atoms with Crippen molar-refractivity contribution >= 4 is 16.7 Å². The summed E-state index contributed by atoms with van der Waals surface area (Å²) in [5.74, 6) is 0.620. The SMILES string of the molecule is Cn1c(-c2ccc(NC3CCC3)cc2)c(-c2ccccc2)c2cnc(-c3cncnc3)nc21. The van der Waals surface area contributed by atoms with Gasteiger partial charge in [0.25, 0.3) is 0 Å². The highest BCUT2D eigenvalue weighted by Gasteiger charge is 2.21. The number of rotatable bonds is 5. The zero-order chi connectivity index (χ0) is 22.2. The van der Waals surface area contributed by atoms with Crippen molar-refractivity contribution in [1.29, 1.82) is 0 Å². The van der Waals surface area contributed by atoms with Crippen LogP contribution in [0.25, 0.3) is 44.8 Å². The maximum atomic E-state index is 4.91. The highest BCUT2D eigenvalue weighted by atomic mass is 15.1. The van der Waals surface area contributed by atoms with Crippen LogP contribution in [0.1, 0.15) is 19.3 Å². The van der Waals surface area contributed by atoms with Crippen LogP contribution in [0, 0.1) is 0 Å². The van der Waals surface area contributed by atoms with Crippen molar-refractivity contribution in [1.82, 2.24) is 24.5 Å². The van der Waals surface area contributed by atoms with Gasteiger partial charge in [-0.1, -0.05) is 42.5 Å². The molecule has 6 nitrogen and oxygen atoms in total. The van der Waals surface area contributed by atoms with Gasteiger partial charge in [-0.25, -0.2) is 19.9 Å². The minimum Gasteiger partial charge on any atom is -0.382 e. The standard InChI is InChI=1S/C27H24N6/c1-33-25(19-10-12-22(13-11-19)31-21-8-5-9-21)24(18-6-3-2-4-7-18)23-16-30-26(32-27(23)33)20-14-28-17-29-15-20/h2-4,6-7,10-17,21,31H,5,8-9H2,1H3. The summed E-state index contributed by atoms with van der Waals surface area (Å²) in [6.07, 6.45) is 10.8. The van der Waals surface area contributed by atoms with Gasteiger partial charge >= 0.3 is 0 Å². The lowest BCUT2D eigenvalue weighted by atomic mass is 9.93. The van der Waals surface area contributed by atoms with Crippen molar-refractivity contribution < 1.29 is 0 Å². The fourth-order valence-corrected chi connectivity index (χ4v) is 4.51. The Labute approximate surface area is 192 Å². The zero-order valence-corrected chi connectivity index (χ0v) is 18.4. The number of nitrogens with one attached hydrogen (secondary N) is 1. The van der Waals surface area contributed by atoms with Gasteiger partial charge < -0.3 is 9.88 Å². The number of aromatic nitrogens is 5. The van der Waals surface area contributed by atoms with Crippen LogP contribution < -0.4 is 5.32 Å². The average Bonchev–Trinajstić information content (AvgIpc) is 3.14. The predicted octanol–water partition coefficient (Wildman–Crippen LogP) is 5.72. The Kier molecular flexibility index (Phi) is 4.83. The molecule has 0 saturated heterocycles. The smallest absolute Gasteiger partial charge is 0.164 e. The lowest BCUT2D eigenvalue weighted by molar-refractivity contribution is 0.445. The third-order valence-corrected chi connectivity index (χ3v) is 6.44. The molecule has 0 amide bonds. The molecule has 5 aromatic rings. The molecule has 0 spiro atoms. The van der Waals surface area contributed by atoms with Gasteiger partial charge in [-0.15, -0.1) is 0 Å². The fraction of sp³-hybridized carbons (Fsp3) is 0.185. The highest BCUT2D eigenvalue weighted by molar-refractivity contribution is 6.03. The quantitative estimate of drug-likeness (QED) is 0.384. The van der Waals surface area contributed by atoms with Crippen LogP contribution in [0.3, 0.4) is 0 Å². The second kappa shape index (κ2) is 8.13. The first kappa shape index (κ1) is 19.6. The van der Waals surface area contributed by atoms with Crippen molar-refractivity contribution in [3.63, 3.8) is 0 Å². The van der Waals surface area contributed by atoms with Crippen LogP contribution in [0.15, 0.2) is 79.5 Å². The summed E-state index contributed by atoms with van der Waals surface area (Å²) in [7, 11) is 2.07. The van der Waals surface area contributed by atoms with E-state index >= 15 is 0 Å². The van der Waals surface area contributed by atoms with E-state index in [1.807, 2.05) is 12.3 Å². The van der Waals surface area contributed by atoms with Gasteiger partial charge in [-0.3, -0.25) is 0 Å². The Balaban J connectivity index is 1.51. The van der Waals surface area contributed by atoms with E-state index in [4.69, 9.17) is 4.98 Å². The van der Waals surface area contributed by atoms with E-state index in [9.17, 15) is 0 Å². The second-order valence-corrected chi connectivity index (χ2v) is 8.56. The van der Waals surface area contributed by atoms with E-state index in [2.05, 4.69) is 80.4 Å². The van der Waals surface area contributed by atoms with Crippen LogP contribution >= 0.6 is 0 Å². The van der Waals surface area contributed by atoms with Crippen LogP contribution in [0.2, 0.25) is 0 Å². The fourth-order valence-electron chi connectivity index (χ4n) is 4.51. The van der Waals surface area contributed by atoms with Crippen molar-refractivity contribution in [2.24, 2.45) is 7.05 Å². The number of anilines is 1. The Bertz CT molecular complexity index is 1400. The molecule has 0 unspecified atom stereocenters. The molecule has 0 radical (unpaired) electrons. The topological polar surface area (TPSA) is 68.5 Å². The summed E-state index contributed by atoms with van der Waals surface area (Å²) in [5, 5.41) is 4.65. The van der Waals surface area contributed by atoms with Crippen LogP contribution in [-0.2, 0) is 7.05 Å². The maximum Gasteiger partial charge on any atom is 0.164 e. The average molecular weight is 433 g/mol. The first-order chi connectivity index (χ1) is 16.3. The Morgan fingerprint density at radius 2 is 1.61 bits per heavy atom. The molecule has 1 aliphatic rings. The first-order valence-corrected chi connectivity index (χ1v) is 11.3. The molecular formula is C27H24N6. The first-order valence-electron chi connectivity index (χ1n) is 11.3. The number of hydrogen-bond donors (Lipinski definition) is 1. The largest absolute Gasteiger partial charge is 0.382 e. The monoisotopic (exact) mass is 432 g/mol. The Morgan fingerprint density at radius 1 is 0.848 bits per heavy atom. The third-order valence-electron chi connectivity index (χ3n) is 6.44. The van der Waals surface area contributed by atoms with E-state index < -0.39 is 0 Å². The van der Waals surface area contributed by atoms with Crippen LogP contribution in [0.5, 0.6) is 0 Å². The second-order valence-electron chi connectivity index (χ2n) is 8.56. The Hall–Kier alpha value is -4.06. The van der Waals surface area contributed by atoms with Gasteiger partial charge in [0.05, 0.1) is 11.3 Å². The molecule has 162 valence electrons. The third kappa shape index (κ3) is 3.53. The molecule has 3 aromatic heterocycles. The normalized spacial score (nSPS) is 13.7. The molecular weight excluding hydrogens is 408 g/mol. The summed E-state index contributed by atoms with van der Waals surface area (Å²) in [5.41, 5.74) is 7.43. The summed E-state index contributed by atoms with van der Waals surface area (Å²) in [4.78, 5) is 17.8. The number of benzene rings is 2. The summed E-state index contributed by atoms with van der Waals surface area (Å²) in [6.45, 7) is 0. The molecule has 2 aromatic carbocycles. The van der Waals surface area contributed by atoms with Crippen LogP contribution in [0.4, 0.5) is 5.69 Å². The lowest BCUT2D eigenvalue weighted by Gasteiger charge is -2.27. The number of aryl methyl sites for hydroxylation is 1. The zero-order valence-electron chi connectivity index (χ0n) is 18.4. The Morgan fingerprint density at radius 3 is 2.30 bits per heavy atom. The van der Waals surface area contributed by atoms with Gasteiger partial charge in [-0.05, 0) is 42.5 Å². The van der Waals surface area contributed by atoms with E-state index in [1.165, 1.54) is 31.3 Å². The highest BCUT2D eigenvalue weighted by Crippen LogP contribution is 2.40. The van der Waals surface area contributed by atoms with Crippen molar-refractivity contribution in [2.75, 3.05) is 5.32 Å². The number of nitrogens with zero attached hydrogens (tertiary/aromatic N) is 5. The van der Waals surface area contributed by atoms with Gasteiger partial charge in [0.2, 0.25) is 0 Å². The van der Waals surface area contributed by atoms with E-state index in [0.717, 1.165) is 39.0 Å². The molecule has 0 atom stereocenters. The van der Waals surface area contributed by atoms with Gasteiger partial charge in [0, 0.05) is 48.3 Å². The predicted molar refractivity (Wildman–Crippen MR) is 132 cm³/mol. The minimum atomic E-state index is 0.615. The molecule has 1 N–H and O–H groups in total. The minimum absolute atomic E-state index is 0.615. The molecule has 6 heteroatoms. The molecule has 0 bridgehead atoms. The van der Waals surface area contributed by atoms with E-state index in [-0.39, 0.29) is 0 Å². The van der Waals surface area contributed by atoms with E-state index in [0.29, 0.717) is 11.9 Å². The molecule has 1 fully saturated rings. The van der Waals surface area contributed by atoms with Gasteiger partial charge in [0.1, 0.15) is 12.0 Å². The summed E-state index contributed by atoms with van der Waals surface area (Å²) < 4.78 is 2.17. The maximum absolute atomic E-state index is 4.91. The molecule has 1 saturated carbocycles. The van der Waals surface area contributed by atoms with Gasteiger partial charge in [0.15, 0.2) is 5.82 Å². The van der Waals surface area contributed by atoms with Crippen molar-refractivity contribution in [2.45, 2.75) is 25.3 Å². The molecule has 1 aliphatic carbocycles. The molecule has 0 aliphatic heterocycles. The number of hydrogen-bond acceptors (Lipinski definition) is 5.